The normalized spacial score (nSPS) is 17.5. The summed E-state index contributed by atoms with van der Waals surface area (Å²) >= 11 is 0. The Hall–Kier alpha value is -2.04. The van der Waals surface area contributed by atoms with Gasteiger partial charge in [-0.1, -0.05) is 13.3 Å². The first-order valence-electron chi connectivity index (χ1n) is 8.74. The SMILES string of the molecule is CCCCN(C)C(=O)C1CC(=O)N(c2ccc(OC(C)C)cc2)C1. The minimum absolute atomic E-state index is 0.00905. The second-order valence-electron chi connectivity index (χ2n) is 6.68. The van der Waals surface area contributed by atoms with Gasteiger partial charge in [0.05, 0.1) is 12.0 Å². The van der Waals surface area contributed by atoms with Gasteiger partial charge in [0.1, 0.15) is 5.75 Å². The molecule has 1 aliphatic rings. The Bertz CT molecular complexity index is 568. The van der Waals surface area contributed by atoms with Crippen molar-refractivity contribution in [3.05, 3.63) is 24.3 Å². The number of carbonyl (C=O) groups is 2. The van der Waals surface area contributed by atoms with Gasteiger partial charge in [-0.05, 0) is 44.5 Å². The van der Waals surface area contributed by atoms with Crippen molar-refractivity contribution < 1.29 is 14.3 Å². The molecule has 0 saturated carbocycles. The minimum Gasteiger partial charge on any atom is -0.491 e. The summed E-state index contributed by atoms with van der Waals surface area (Å²) in [5.74, 6) is 0.618. The molecule has 0 spiro atoms. The summed E-state index contributed by atoms with van der Waals surface area (Å²) in [5, 5.41) is 0. The van der Waals surface area contributed by atoms with Crippen molar-refractivity contribution in [1.29, 1.82) is 0 Å². The van der Waals surface area contributed by atoms with E-state index < -0.39 is 0 Å². The van der Waals surface area contributed by atoms with Gasteiger partial charge in [-0.25, -0.2) is 0 Å². The number of ether oxygens (including phenoxy) is 1. The van der Waals surface area contributed by atoms with Crippen molar-refractivity contribution in [3.63, 3.8) is 0 Å². The number of unbranched alkanes of at least 4 members (excludes halogenated alkanes) is 1. The predicted molar refractivity (Wildman–Crippen MR) is 95.2 cm³/mol. The van der Waals surface area contributed by atoms with E-state index in [9.17, 15) is 9.59 Å². The van der Waals surface area contributed by atoms with Crippen molar-refractivity contribution in [1.82, 2.24) is 4.90 Å². The maximum atomic E-state index is 12.5. The zero-order valence-electron chi connectivity index (χ0n) is 15.1. The van der Waals surface area contributed by atoms with Crippen LogP contribution in [0.2, 0.25) is 0 Å². The summed E-state index contributed by atoms with van der Waals surface area (Å²) in [5.41, 5.74) is 0.822. The molecule has 24 heavy (non-hydrogen) atoms. The molecule has 2 amide bonds. The van der Waals surface area contributed by atoms with Crippen LogP contribution in [0.25, 0.3) is 0 Å². The van der Waals surface area contributed by atoms with E-state index in [4.69, 9.17) is 4.74 Å². The number of anilines is 1. The maximum absolute atomic E-state index is 12.5. The molecule has 0 aromatic heterocycles. The molecular formula is C19H28N2O3. The van der Waals surface area contributed by atoms with Gasteiger partial charge < -0.3 is 14.5 Å². The summed E-state index contributed by atoms with van der Waals surface area (Å²) in [6, 6.07) is 7.49. The Morgan fingerprint density at radius 3 is 2.58 bits per heavy atom. The van der Waals surface area contributed by atoms with Crippen LogP contribution in [0.1, 0.15) is 40.0 Å². The number of rotatable bonds is 7. The minimum atomic E-state index is -0.244. The van der Waals surface area contributed by atoms with Crippen LogP contribution >= 0.6 is 0 Å². The van der Waals surface area contributed by atoms with Crippen molar-refractivity contribution in [2.24, 2.45) is 5.92 Å². The number of hydrogen-bond donors (Lipinski definition) is 0. The highest BCUT2D eigenvalue weighted by atomic mass is 16.5. The lowest BCUT2D eigenvalue weighted by molar-refractivity contribution is -0.134. The molecule has 1 saturated heterocycles. The van der Waals surface area contributed by atoms with E-state index in [0.29, 0.717) is 13.0 Å². The fraction of sp³-hybridized carbons (Fsp3) is 0.579. The second kappa shape index (κ2) is 8.18. The highest BCUT2D eigenvalue weighted by molar-refractivity contribution is 6.00. The Labute approximate surface area is 144 Å². The lowest BCUT2D eigenvalue weighted by Crippen LogP contribution is -2.35. The standard InChI is InChI=1S/C19H28N2O3/c1-5-6-11-20(4)19(23)15-12-18(22)21(13-15)16-7-9-17(10-8-16)24-14(2)3/h7-10,14-15H,5-6,11-13H2,1-4H3. The molecule has 2 rings (SSSR count). The van der Waals surface area contributed by atoms with Crippen LogP contribution in [0.5, 0.6) is 5.75 Å². The highest BCUT2D eigenvalue weighted by Gasteiger charge is 2.36. The molecule has 1 aromatic rings. The summed E-state index contributed by atoms with van der Waals surface area (Å²) < 4.78 is 5.62. The van der Waals surface area contributed by atoms with Crippen molar-refractivity contribution in [2.75, 3.05) is 25.0 Å². The van der Waals surface area contributed by atoms with Crippen LogP contribution in [-0.4, -0.2) is 43.0 Å². The van der Waals surface area contributed by atoms with E-state index in [-0.39, 0.29) is 23.8 Å². The molecule has 132 valence electrons. The molecule has 1 aromatic carbocycles. The van der Waals surface area contributed by atoms with Crippen molar-refractivity contribution in [2.45, 2.75) is 46.1 Å². The van der Waals surface area contributed by atoms with Crippen LogP contribution in [0.3, 0.4) is 0 Å². The van der Waals surface area contributed by atoms with Crippen molar-refractivity contribution >= 4 is 17.5 Å². The molecule has 0 bridgehead atoms. The maximum Gasteiger partial charge on any atom is 0.227 e. The first kappa shape index (κ1) is 18.3. The first-order valence-corrected chi connectivity index (χ1v) is 8.74. The van der Waals surface area contributed by atoms with E-state index in [1.54, 1.807) is 9.80 Å². The van der Waals surface area contributed by atoms with Gasteiger partial charge in [-0.3, -0.25) is 9.59 Å². The molecule has 1 fully saturated rings. The Balaban J connectivity index is 2.00. The Kier molecular flexibility index (Phi) is 6.23. The average Bonchev–Trinajstić information content (AvgIpc) is 2.94. The van der Waals surface area contributed by atoms with Crippen LogP contribution < -0.4 is 9.64 Å². The molecule has 5 nitrogen and oxygen atoms in total. The summed E-state index contributed by atoms with van der Waals surface area (Å²) in [6.07, 6.45) is 2.45. The third-order valence-corrected chi connectivity index (χ3v) is 4.22. The zero-order valence-corrected chi connectivity index (χ0v) is 15.1. The number of carbonyl (C=O) groups excluding carboxylic acids is 2. The number of hydrogen-bond acceptors (Lipinski definition) is 3. The lowest BCUT2D eigenvalue weighted by Gasteiger charge is -2.21. The monoisotopic (exact) mass is 332 g/mol. The zero-order chi connectivity index (χ0) is 17.7. The van der Waals surface area contributed by atoms with Gasteiger partial charge >= 0.3 is 0 Å². The topological polar surface area (TPSA) is 49.9 Å². The predicted octanol–water partition coefficient (Wildman–Crippen LogP) is 3.09. The van der Waals surface area contributed by atoms with Gasteiger partial charge in [0.25, 0.3) is 0 Å². The van der Waals surface area contributed by atoms with E-state index in [2.05, 4.69) is 6.92 Å². The molecule has 1 unspecified atom stereocenters. The largest absolute Gasteiger partial charge is 0.491 e. The molecule has 5 heteroatoms. The third kappa shape index (κ3) is 4.49. The van der Waals surface area contributed by atoms with E-state index in [1.165, 1.54) is 0 Å². The van der Waals surface area contributed by atoms with Crippen LogP contribution in [-0.2, 0) is 9.59 Å². The van der Waals surface area contributed by atoms with Gasteiger partial charge in [0, 0.05) is 32.2 Å². The highest BCUT2D eigenvalue weighted by Crippen LogP contribution is 2.28. The smallest absolute Gasteiger partial charge is 0.227 e. The Morgan fingerprint density at radius 1 is 1.33 bits per heavy atom. The number of amides is 2. The van der Waals surface area contributed by atoms with E-state index in [0.717, 1.165) is 30.8 Å². The first-order chi connectivity index (χ1) is 11.4. The van der Waals surface area contributed by atoms with Crippen LogP contribution in [0.15, 0.2) is 24.3 Å². The summed E-state index contributed by atoms with van der Waals surface area (Å²) in [4.78, 5) is 28.2. The molecule has 1 heterocycles. The van der Waals surface area contributed by atoms with E-state index in [1.807, 2.05) is 45.2 Å². The number of nitrogens with zero attached hydrogens (tertiary/aromatic N) is 2. The molecule has 0 N–H and O–H groups in total. The summed E-state index contributed by atoms with van der Waals surface area (Å²) in [6.45, 7) is 7.26. The van der Waals surface area contributed by atoms with Crippen LogP contribution in [0.4, 0.5) is 5.69 Å². The fourth-order valence-electron chi connectivity index (χ4n) is 2.92. The van der Waals surface area contributed by atoms with Crippen LogP contribution in [0, 0.1) is 5.92 Å². The van der Waals surface area contributed by atoms with Gasteiger partial charge in [-0.15, -0.1) is 0 Å². The fourth-order valence-corrected chi connectivity index (χ4v) is 2.92. The lowest BCUT2D eigenvalue weighted by atomic mass is 10.1. The molecule has 0 radical (unpaired) electrons. The molecule has 0 aliphatic carbocycles. The third-order valence-electron chi connectivity index (χ3n) is 4.22. The van der Waals surface area contributed by atoms with Gasteiger partial charge in [0.2, 0.25) is 11.8 Å². The number of benzene rings is 1. The van der Waals surface area contributed by atoms with Gasteiger partial charge in [0.15, 0.2) is 0 Å². The average molecular weight is 332 g/mol. The molecule has 1 aliphatic heterocycles. The second-order valence-corrected chi connectivity index (χ2v) is 6.68. The van der Waals surface area contributed by atoms with Gasteiger partial charge in [-0.2, -0.15) is 0 Å². The molecular weight excluding hydrogens is 304 g/mol. The molecule has 1 atom stereocenters. The van der Waals surface area contributed by atoms with Crippen molar-refractivity contribution in [3.8, 4) is 5.75 Å². The van der Waals surface area contributed by atoms with E-state index >= 15 is 0 Å². The Morgan fingerprint density at radius 2 is 2.00 bits per heavy atom. The summed E-state index contributed by atoms with van der Waals surface area (Å²) in [7, 11) is 1.82. The quantitative estimate of drug-likeness (QED) is 0.771.